The van der Waals surface area contributed by atoms with Crippen molar-refractivity contribution in [1.29, 1.82) is 0 Å². The van der Waals surface area contributed by atoms with Gasteiger partial charge in [-0.05, 0) is 135 Å². The van der Waals surface area contributed by atoms with Crippen LogP contribution in [0.15, 0.2) is 212 Å². The number of nitrogens with zero attached hydrogens (tertiary/aromatic N) is 1. The number of fused-ring (bicyclic) bond motifs is 9. The Labute approximate surface area is 355 Å². The molecule has 284 valence electrons. The first-order chi connectivity index (χ1) is 29.5. The van der Waals surface area contributed by atoms with E-state index in [-0.39, 0.29) is 10.8 Å². The molecule has 2 atom stereocenters. The Morgan fingerprint density at radius 2 is 0.817 bits per heavy atom. The molecule has 0 radical (unpaired) electrons. The van der Waals surface area contributed by atoms with Crippen molar-refractivity contribution in [2.75, 3.05) is 4.90 Å². The number of benzene rings is 9. The van der Waals surface area contributed by atoms with Crippen LogP contribution < -0.4 is 4.90 Å². The van der Waals surface area contributed by atoms with E-state index in [1.165, 1.54) is 86.9 Å². The molecule has 1 aromatic heterocycles. The lowest BCUT2D eigenvalue weighted by Crippen LogP contribution is -2.23. The number of rotatable bonds is 6. The van der Waals surface area contributed by atoms with Crippen LogP contribution in [0, 0.1) is 0 Å². The van der Waals surface area contributed by atoms with Gasteiger partial charge >= 0.3 is 0 Å². The molecule has 2 heteroatoms. The molecule has 12 rings (SSSR count). The van der Waals surface area contributed by atoms with Gasteiger partial charge in [-0.1, -0.05) is 158 Å². The zero-order chi connectivity index (χ0) is 40.0. The SMILES string of the molecule is CC1(c2ccccc2)c2ccccc2-c2ccc(N(c3cccc(-c4ccc5sc6ccccc6c5c4)c3)c3ccc4c(c3)C(C)(c3ccccc3)c3ccccc3-4)cc21. The number of hydrogen-bond donors (Lipinski definition) is 0. The summed E-state index contributed by atoms with van der Waals surface area (Å²) in [6, 6.07) is 79.2. The van der Waals surface area contributed by atoms with Crippen molar-refractivity contribution >= 4 is 48.6 Å². The highest BCUT2D eigenvalue weighted by atomic mass is 32.1. The Hall–Kier alpha value is -7.00. The third-order valence-electron chi connectivity index (χ3n) is 13.6. The molecule has 2 unspecified atom stereocenters. The van der Waals surface area contributed by atoms with Crippen LogP contribution in [0.5, 0.6) is 0 Å². The van der Waals surface area contributed by atoms with Gasteiger partial charge in [-0.2, -0.15) is 0 Å². The minimum atomic E-state index is -0.319. The maximum atomic E-state index is 2.49. The van der Waals surface area contributed by atoms with Gasteiger partial charge < -0.3 is 4.90 Å². The van der Waals surface area contributed by atoms with E-state index in [1.54, 1.807) is 0 Å². The fourth-order valence-electron chi connectivity index (χ4n) is 10.6. The summed E-state index contributed by atoms with van der Waals surface area (Å²) >= 11 is 1.87. The van der Waals surface area contributed by atoms with E-state index < -0.39 is 0 Å². The van der Waals surface area contributed by atoms with E-state index >= 15 is 0 Å². The lowest BCUT2D eigenvalue weighted by molar-refractivity contribution is 0.713. The third-order valence-corrected chi connectivity index (χ3v) is 14.8. The maximum absolute atomic E-state index is 2.49. The highest BCUT2D eigenvalue weighted by molar-refractivity contribution is 7.25. The van der Waals surface area contributed by atoms with Crippen molar-refractivity contribution < 1.29 is 0 Å². The molecule has 1 heterocycles. The van der Waals surface area contributed by atoms with Crippen molar-refractivity contribution in [2.45, 2.75) is 24.7 Å². The second kappa shape index (κ2) is 13.3. The van der Waals surface area contributed by atoms with Gasteiger partial charge in [-0.15, -0.1) is 11.3 Å². The molecular formula is C58H41NS. The van der Waals surface area contributed by atoms with Crippen LogP contribution in [-0.4, -0.2) is 0 Å². The molecule has 0 saturated carbocycles. The summed E-state index contributed by atoms with van der Waals surface area (Å²) in [5.74, 6) is 0. The molecule has 60 heavy (non-hydrogen) atoms. The van der Waals surface area contributed by atoms with Crippen LogP contribution in [0.25, 0.3) is 53.6 Å². The third kappa shape index (κ3) is 5.04. The summed E-state index contributed by atoms with van der Waals surface area (Å²) in [4.78, 5) is 2.49. The Balaban J connectivity index is 1.08. The molecule has 2 aliphatic carbocycles. The molecular weight excluding hydrogens is 743 g/mol. The summed E-state index contributed by atoms with van der Waals surface area (Å²) < 4.78 is 2.64. The van der Waals surface area contributed by atoms with Gasteiger partial charge in [0.25, 0.3) is 0 Å². The molecule has 9 aromatic carbocycles. The van der Waals surface area contributed by atoms with E-state index in [4.69, 9.17) is 0 Å². The molecule has 0 amide bonds. The highest BCUT2D eigenvalue weighted by Crippen LogP contribution is 2.56. The second-order valence-corrected chi connectivity index (χ2v) is 17.8. The predicted molar refractivity (Wildman–Crippen MR) is 254 cm³/mol. The van der Waals surface area contributed by atoms with E-state index in [0.29, 0.717) is 0 Å². The lowest BCUT2D eigenvalue weighted by atomic mass is 9.74. The number of hydrogen-bond acceptors (Lipinski definition) is 2. The Kier molecular flexibility index (Phi) is 7.73. The molecule has 0 saturated heterocycles. The van der Waals surface area contributed by atoms with E-state index in [0.717, 1.165) is 17.1 Å². The van der Waals surface area contributed by atoms with Gasteiger partial charge in [0.15, 0.2) is 0 Å². The minimum Gasteiger partial charge on any atom is -0.310 e. The summed E-state index contributed by atoms with van der Waals surface area (Å²) in [5, 5.41) is 2.63. The van der Waals surface area contributed by atoms with E-state index in [9.17, 15) is 0 Å². The number of thiophene rings is 1. The molecule has 1 nitrogen and oxygen atoms in total. The predicted octanol–water partition coefficient (Wildman–Crippen LogP) is 15.9. The summed E-state index contributed by atoms with van der Waals surface area (Å²) in [6.07, 6.45) is 0. The fourth-order valence-corrected chi connectivity index (χ4v) is 11.7. The van der Waals surface area contributed by atoms with Crippen molar-refractivity contribution in [3.8, 4) is 33.4 Å². The Morgan fingerprint density at radius 1 is 0.333 bits per heavy atom. The molecule has 10 aromatic rings. The Morgan fingerprint density at radius 3 is 1.43 bits per heavy atom. The summed E-state index contributed by atoms with van der Waals surface area (Å²) in [7, 11) is 0. The smallest absolute Gasteiger partial charge is 0.0467 e. The maximum Gasteiger partial charge on any atom is 0.0467 e. The van der Waals surface area contributed by atoms with Crippen LogP contribution in [0.2, 0.25) is 0 Å². The highest BCUT2D eigenvalue weighted by Gasteiger charge is 2.43. The molecule has 0 spiro atoms. The van der Waals surface area contributed by atoms with Crippen LogP contribution >= 0.6 is 11.3 Å². The fraction of sp³-hybridized carbons (Fsp3) is 0.0690. The van der Waals surface area contributed by atoms with E-state index in [1.807, 2.05) is 11.3 Å². The first-order valence-corrected chi connectivity index (χ1v) is 21.7. The zero-order valence-electron chi connectivity index (χ0n) is 33.6. The molecule has 0 bridgehead atoms. The van der Waals surface area contributed by atoms with Crippen molar-refractivity contribution in [3.63, 3.8) is 0 Å². The van der Waals surface area contributed by atoms with Gasteiger partial charge in [-0.25, -0.2) is 0 Å². The van der Waals surface area contributed by atoms with Gasteiger partial charge in [0.2, 0.25) is 0 Å². The average Bonchev–Trinajstić information content (AvgIpc) is 3.91. The minimum absolute atomic E-state index is 0.319. The summed E-state index contributed by atoms with van der Waals surface area (Å²) in [6.45, 7) is 4.81. The Bertz CT molecular complexity index is 3160. The van der Waals surface area contributed by atoms with Gasteiger partial charge in [-0.3, -0.25) is 0 Å². The standard InChI is InChI=1S/C58H41NS/c1-57(40-17-5-3-6-18-40)51-25-12-9-22-45(51)47-31-29-43(36-53(47)57)59(42-21-15-16-38(34-42)39-28-33-56-50(35-39)49-24-11-14-27-55(49)60-56)44-30-32-48-46-23-10-13-26-52(46)58(2,54(48)37-44)41-19-7-4-8-20-41/h3-37H,1-2H3. The van der Waals surface area contributed by atoms with Crippen molar-refractivity contribution in [2.24, 2.45) is 0 Å². The van der Waals surface area contributed by atoms with Crippen LogP contribution in [0.1, 0.15) is 47.2 Å². The van der Waals surface area contributed by atoms with Gasteiger partial charge in [0, 0.05) is 48.1 Å². The normalized spacial score (nSPS) is 17.3. The van der Waals surface area contributed by atoms with Crippen molar-refractivity contribution in [3.05, 3.63) is 246 Å². The zero-order valence-corrected chi connectivity index (χ0v) is 34.4. The van der Waals surface area contributed by atoms with Crippen molar-refractivity contribution in [1.82, 2.24) is 0 Å². The van der Waals surface area contributed by atoms with Crippen LogP contribution in [0.4, 0.5) is 17.1 Å². The van der Waals surface area contributed by atoms with Gasteiger partial charge in [0.1, 0.15) is 0 Å². The molecule has 0 N–H and O–H groups in total. The second-order valence-electron chi connectivity index (χ2n) is 16.7. The molecule has 2 aliphatic rings. The lowest BCUT2D eigenvalue weighted by Gasteiger charge is -2.32. The number of anilines is 3. The summed E-state index contributed by atoms with van der Waals surface area (Å²) in [5.41, 5.74) is 18.3. The quantitative estimate of drug-likeness (QED) is 0.162. The van der Waals surface area contributed by atoms with Crippen LogP contribution in [0.3, 0.4) is 0 Å². The first-order valence-electron chi connectivity index (χ1n) is 20.9. The molecule has 0 fully saturated rings. The molecule has 0 aliphatic heterocycles. The first kappa shape index (κ1) is 35.0. The average molecular weight is 784 g/mol. The van der Waals surface area contributed by atoms with E-state index in [2.05, 4.69) is 231 Å². The monoisotopic (exact) mass is 783 g/mol. The van der Waals surface area contributed by atoms with Gasteiger partial charge in [0.05, 0.1) is 0 Å². The topological polar surface area (TPSA) is 3.24 Å². The largest absolute Gasteiger partial charge is 0.310 e. The van der Waals surface area contributed by atoms with Crippen LogP contribution in [-0.2, 0) is 10.8 Å².